The SMILES string of the molecule is CCOc1ccc([C@H](CN)N2CCOCC2)cc1OC. The highest BCUT2D eigenvalue weighted by Gasteiger charge is 2.22. The number of ether oxygens (including phenoxy) is 3. The van der Waals surface area contributed by atoms with Gasteiger partial charge in [0.15, 0.2) is 11.5 Å². The van der Waals surface area contributed by atoms with Crippen LogP contribution in [0.5, 0.6) is 11.5 Å². The van der Waals surface area contributed by atoms with Gasteiger partial charge in [0.25, 0.3) is 0 Å². The van der Waals surface area contributed by atoms with Gasteiger partial charge in [0, 0.05) is 25.7 Å². The monoisotopic (exact) mass is 280 g/mol. The fourth-order valence-electron chi connectivity index (χ4n) is 2.55. The van der Waals surface area contributed by atoms with Gasteiger partial charge in [-0.25, -0.2) is 0 Å². The number of hydrogen-bond acceptors (Lipinski definition) is 5. The second-order valence-corrected chi connectivity index (χ2v) is 4.74. The van der Waals surface area contributed by atoms with Crippen molar-refractivity contribution in [2.24, 2.45) is 5.73 Å². The number of methoxy groups -OCH3 is 1. The molecule has 5 heteroatoms. The lowest BCUT2D eigenvalue weighted by Gasteiger charge is -2.34. The number of hydrogen-bond donors (Lipinski definition) is 1. The molecular formula is C15H24N2O3. The molecule has 112 valence electrons. The van der Waals surface area contributed by atoms with Crippen molar-refractivity contribution in [3.63, 3.8) is 0 Å². The minimum absolute atomic E-state index is 0.198. The van der Waals surface area contributed by atoms with E-state index in [2.05, 4.69) is 11.0 Å². The second-order valence-electron chi connectivity index (χ2n) is 4.74. The third-order valence-electron chi connectivity index (χ3n) is 3.58. The summed E-state index contributed by atoms with van der Waals surface area (Å²) in [5, 5.41) is 0. The van der Waals surface area contributed by atoms with E-state index >= 15 is 0 Å². The molecule has 5 nitrogen and oxygen atoms in total. The molecule has 1 aromatic rings. The van der Waals surface area contributed by atoms with Crippen LogP contribution in [0.25, 0.3) is 0 Å². The fourth-order valence-corrected chi connectivity index (χ4v) is 2.55. The maximum atomic E-state index is 5.97. The lowest BCUT2D eigenvalue weighted by Crippen LogP contribution is -2.41. The molecule has 0 radical (unpaired) electrons. The maximum Gasteiger partial charge on any atom is 0.161 e. The normalized spacial score (nSPS) is 17.8. The molecular weight excluding hydrogens is 256 g/mol. The minimum atomic E-state index is 0.198. The molecule has 1 aliphatic rings. The van der Waals surface area contributed by atoms with Crippen molar-refractivity contribution in [1.82, 2.24) is 4.90 Å². The molecule has 0 amide bonds. The summed E-state index contributed by atoms with van der Waals surface area (Å²) in [6, 6.07) is 6.25. The third-order valence-corrected chi connectivity index (χ3v) is 3.58. The lowest BCUT2D eigenvalue weighted by molar-refractivity contribution is 0.0178. The molecule has 0 saturated carbocycles. The number of benzene rings is 1. The molecule has 0 aromatic heterocycles. The van der Waals surface area contributed by atoms with E-state index in [1.807, 2.05) is 19.1 Å². The van der Waals surface area contributed by atoms with Crippen molar-refractivity contribution in [3.05, 3.63) is 23.8 Å². The Kier molecular flexibility index (Phi) is 5.64. The first kappa shape index (κ1) is 15.1. The first-order valence-corrected chi connectivity index (χ1v) is 7.12. The van der Waals surface area contributed by atoms with Gasteiger partial charge in [0.2, 0.25) is 0 Å². The van der Waals surface area contributed by atoms with Crippen LogP contribution in [-0.2, 0) is 4.74 Å². The van der Waals surface area contributed by atoms with Crippen LogP contribution in [0.3, 0.4) is 0 Å². The highest BCUT2D eigenvalue weighted by molar-refractivity contribution is 5.44. The Morgan fingerprint density at radius 3 is 2.65 bits per heavy atom. The second kappa shape index (κ2) is 7.47. The summed E-state index contributed by atoms with van der Waals surface area (Å²) >= 11 is 0. The van der Waals surface area contributed by atoms with Gasteiger partial charge in [0.05, 0.1) is 26.9 Å². The largest absolute Gasteiger partial charge is 0.493 e. The van der Waals surface area contributed by atoms with E-state index in [1.165, 1.54) is 0 Å². The summed E-state index contributed by atoms with van der Waals surface area (Å²) in [6.45, 7) is 6.53. The average molecular weight is 280 g/mol. The quantitative estimate of drug-likeness (QED) is 0.854. The van der Waals surface area contributed by atoms with Gasteiger partial charge >= 0.3 is 0 Å². The Morgan fingerprint density at radius 2 is 2.05 bits per heavy atom. The first-order chi connectivity index (χ1) is 9.80. The minimum Gasteiger partial charge on any atom is -0.493 e. The van der Waals surface area contributed by atoms with Gasteiger partial charge in [-0.3, -0.25) is 4.90 Å². The molecule has 1 saturated heterocycles. The fraction of sp³-hybridized carbons (Fsp3) is 0.600. The molecule has 0 bridgehead atoms. The van der Waals surface area contributed by atoms with Crippen molar-refractivity contribution < 1.29 is 14.2 Å². The molecule has 1 atom stereocenters. The topological polar surface area (TPSA) is 57.0 Å². The van der Waals surface area contributed by atoms with E-state index in [0.717, 1.165) is 43.4 Å². The first-order valence-electron chi connectivity index (χ1n) is 7.12. The third kappa shape index (κ3) is 3.42. The van der Waals surface area contributed by atoms with Gasteiger partial charge < -0.3 is 19.9 Å². The van der Waals surface area contributed by atoms with E-state index in [-0.39, 0.29) is 6.04 Å². The van der Waals surface area contributed by atoms with Crippen LogP contribution >= 0.6 is 0 Å². The van der Waals surface area contributed by atoms with Crippen LogP contribution in [0.4, 0.5) is 0 Å². The van der Waals surface area contributed by atoms with Crippen molar-refractivity contribution >= 4 is 0 Å². The molecule has 2 rings (SSSR count). The number of nitrogens with zero attached hydrogens (tertiary/aromatic N) is 1. The average Bonchev–Trinajstić information content (AvgIpc) is 2.50. The summed E-state index contributed by atoms with van der Waals surface area (Å²) in [6.07, 6.45) is 0. The Hall–Kier alpha value is -1.30. The van der Waals surface area contributed by atoms with Crippen LogP contribution in [0, 0.1) is 0 Å². The van der Waals surface area contributed by atoms with Gasteiger partial charge in [0.1, 0.15) is 0 Å². The van der Waals surface area contributed by atoms with Crippen LogP contribution in [0.1, 0.15) is 18.5 Å². The number of morpholine rings is 1. The van der Waals surface area contributed by atoms with E-state index in [9.17, 15) is 0 Å². The summed E-state index contributed by atoms with van der Waals surface area (Å²) in [5.41, 5.74) is 7.13. The van der Waals surface area contributed by atoms with Crippen molar-refractivity contribution in [2.45, 2.75) is 13.0 Å². The highest BCUT2D eigenvalue weighted by atomic mass is 16.5. The molecule has 1 heterocycles. The summed E-state index contributed by atoms with van der Waals surface area (Å²) in [7, 11) is 1.66. The Bertz CT molecular complexity index is 420. The van der Waals surface area contributed by atoms with Gasteiger partial charge in [-0.1, -0.05) is 6.07 Å². The summed E-state index contributed by atoms with van der Waals surface area (Å²) in [5.74, 6) is 1.53. The van der Waals surface area contributed by atoms with Crippen LogP contribution < -0.4 is 15.2 Å². The van der Waals surface area contributed by atoms with Crippen molar-refractivity contribution in [2.75, 3.05) is 46.6 Å². The predicted octanol–water partition coefficient (Wildman–Crippen LogP) is 1.43. The van der Waals surface area contributed by atoms with Gasteiger partial charge in [-0.15, -0.1) is 0 Å². The maximum absolute atomic E-state index is 5.97. The molecule has 0 aliphatic carbocycles. The molecule has 0 unspecified atom stereocenters. The zero-order valence-electron chi connectivity index (χ0n) is 12.3. The molecule has 20 heavy (non-hydrogen) atoms. The molecule has 2 N–H and O–H groups in total. The van der Waals surface area contributed by atoms with E-state index < -0.39 is 0 Å². The van der Waals surface area contributed by atoms with Gasteiger partial charge in [-0.05, 0) is 24.6 Å². The predicted molar refractivity (Wildman–Crippen MR) is 78.4 cm³/mol. The van der Waals surface area contributed by atoms with E-state index in [0.29, 0.717) is 13.2 Å². The van der Waals surface area contributed by atoms with Crippen molar-refractivity contribution in [3.8, 4) is 11.5 Å². The van der Waals surface area contributed by atoms with Crippen LogP contribution in [0.15, 0.2) is 18.2 Å². The van der Waals surface area contributed by atoms with Crippen molar-refractivity contribution in [1.29, 1.82) is 0 Å². The molecule has 1 aliphatic heterocycles. The summed E-state index contributed by atoms with van der Waals surface area (Å²) in [4.78, 5) is 2.36. The van der Waals surface area contributed by atoms with E-state index in [1.54, 1.807) is 7.11 Å². The Morgan fingerprint density at radius 1 is 1.30 bits per heavy atom. The molecule has 1 aromatic carbocycles. The van der Waals surface area contributed by atoms with Crippen LogP contribution in [0.2, 0.25) is 0 Å². The highest BCUT2D eigenvalue weighted by Crippen LogP contribution is 2.32. The zero-order chi connectivity index (χ0) is 14.4. The molecule has 0 spiro atoms. The van der Waals surface area contributed by atoms with E-state index in [4.69, 9.17) is 19.9 Å². The number of nitrogens with two attached hydrogens (primary N) is 1. The molecule has 1 fully saturated rings. The Balaban J connectivity index is 2.20. The smallest absolute Gasteiger partial charge is 0.161 e. The summed E-state index contributed by atoms with van der Waals surface area (Å²) < 4.78 is 16.4. The Labute approximate surface area is 120 Å². The van der Waals surface area contributed by atoms with Crippen LogP contribution in [-0.4, -0.2) is 51.5 Å². The lowest BCUT2D eigenvalue weighted by atomic mass is 10.0. The zero-order valence-corrected chi connectivity index (χ0v) is 12.3. The van der Waals surface area contributed by atoms with Gasteiger partial charge in [-0.2, -0.15) is 0 Å². The number of rotatable bonds is 6. The standard InChI is InChI=1S/C15H24N2O3/c1-3-20-14-5-4-12(10-15(14)18-2)13(11-16)17-6-8-19-9-7-17/h4-5,10,13H,3,6-9,11,16H2,1-2H3/t13-/m0/s1.